The smallest absolute Gasteiger partial charge is 0.355 e. The third-order valence-electron chi connectivity index (χ3n) is 3.61. The molecule has 0 unspecified atom stereocenters. The number of aryl methyl sites for hydroxylation is 1. The molecule has 1 aromatic heterocycles. The first-order valence-electron chi connectivity index (χ1n) is 7.06. The van der Waals surface area contributed by atoms with Crippen LogP contribution in [-0.4, -0.2) is 17.1 Å². The van der Waals surface area contributed by atoms with Crippen LogP contribution in [0.2, 0.25) is 0 Å². The highest BCUT2D eigenvalue weighted by Crippen LogP contribution is 2.29. The van der Waals surface area contributed by atoms with Gasteiger partial charge >= 0.3 is 5.97 Å². The zero-order valence-corrected chi connectivity index (χ0v) is 12.2. The summed E-state index contributed by atoms with van der Waals surface area (Å²) in [5.74, 6) is -0.282. The number of carbonyl (C=O) groups excluding carboxylic acids is 1. The van der Waals surface area contributed by atoms with Gasteiger partial charge in [-0.2, -0.15) is 0 Å². The highest BCUT2D eigenvalue weighted by atomic mass is 16.5. The van der Waals surface area contributed by atoms with Gasteiger partial charge in [-0.3, -0.25) is 0 Å². The molecular formula is C18H17NO2. The summed E-state index contributed by atoms with van der Waals surface area (Å²) in [6.07, 6.45) is 0. The number of nitrogens with zero attached hydrogens (tertiary/aromatic N) is 1. The van der Waals surface area contributed by atoms with Crippen LogP contribution in [0.5, 0.6) is 0 Å². The highest BCUT2D eigenvalue weighted by molar-refractivity contribution is 6.00. The molecule has 0 atom stereocenters. The first kappa shape index (κ1) is 13.4. The van der Waals surface area contributed by atoms with E-state index in [1.807, 2.05) is 73.0 Å². The number of para-hydroxylation sites is 2. The minimum atomic E-state index is -0.282. The van der Waals surface area contributed by atoms with Gasteiger partial charge in [0.15, 0.2) is 0 Å². The van der Waals surface area contributed by atoms with Crippen LogP contribution < -0.4 is 0 Å². The monoisotopic (exact) mass is 279 g/mol. The lowest BCUT2D eigenvalue weighted by Crippen LogP contribution is -2.12. The van der Waals surface area contributed by atoms with Crippen molar-refractivity contribution in [3.63, 3.8) is 0 Å². The summed E-state index contributed by atoms with van der Waals surface area (Å²) < 4.78 is 7.22. The van der Waals surface area contributed by atoms with E-state index in [-0.39, 0.29) is 5.97 Å². The molecule has 2 aromatic carbocycles. The van der Waals surface area contributed by atoms with Crippen molar-refractivity contribution in [1.82, 2.24) is 4.57 Å². The summed E-state index contributed by atoms with van der Waals surface area (Å²) >= 11 is 0. The minimum absolute atomic E-state index is 0.282. The zero-order valence-electron chi connectivity index (χ0n) is 12.2. The molecule has 0 aliphatic rings. The van der Waals surface area contributed by atoms with Gasteiger partial charge in [0.25, 0.3) is 0 Å². The number of hydrogen-bond donors (Lipinski definition) is 0. The predicted octanol–water partition coefficient (Wildman–Crippen LogP) is 4.12. The summed E-state index contributed by atoms with van der Waals surface area (Å²) in [4.78, 5) is 12.4. The van der Waals surface area contributed by atoms with Gasteiger partial charge in [-0.15, -0.1) is 0 Å². The molecule has 106 valence electrons. The molecule has 0 aliphatic carbocycles. The van der Waals surface area contributed by atoms with Crippen LogP contribution in [-0.2, 0) is 4.74 Å². The van der Waals surface area contributed by atoms with E-state index >= 15 is 0 Å². The molecule has 1 heterocycles. The summed E-state index contributed by atoms with van der Waals surface area (Å²) in [7, 11) is 0. The van der Waals surface area contributed by atoms with Crippen LogP contribution >= 0.6 is 0 Å². The maximum absolute atomic E-state index is 12.4. The second-order valence-electron chi connectivity index (χ2n) is 4.88. The molecule has 0 saturated carbocycles. The number of aromatic nitrogens is 1. The van der Waals surface area contributed by atoms with Crippen LogP contribution in [0, 0.1) is 6.92 Å². The lowest BCUT2D eigenvalue weighted by Gasteiger charge is -2.10. The molecule has 21 heavy (non-hydrogen) atoms. The highest BCUT2D eigenvalue weighted by Gasteiger charge is 2.21. The van der Waals surface area contributed by atoms with E-state index in [2.05, 4.69) is 0 Å². The van der Waals surface area contributed by atoms with E-state index < -0.39 is 0 Å². The molecule has 3 nitrogen and oxygen atoms in total. The van der Waals surface area contributed by atoms with E-state index in [1.165, 1.54) is 0 Å². The van der Waals surface area contributed by atoms with Crippen molar-refractivity contribution in [1.29, 1.82) is 0 Å². The van der Waals surface area contributed by atoms with Crippen molar-refractivity contribution in [3.8, 4) is 5.69 Å². The third-order valence-corrected chi connectivity index (χ3v) is 3.61. The average molecular weight is 279 g/mol. The molecule has 0 saturated heterocycles. The molecule has 0 amide bonds. The maximum atomic E-state index is 12.4. The largest absolute Gasteiger partial charge is 0.461 e. The minimum Gasteiger partial charge on any atom is -0.461 e. The van der Waals surface area contributed by atoms with Crippen molar-refractivity contribution >= 4 is 16.9 Å². The number of benzene rings is 2. The lowest BCUT2D eigenvalue weighted by molar-refractivity contribution is 0.0516. The van der Waals surface area contributed by atoms with Gasteiger partial charge in [0.05, 0.1) is 12.1 Å². The van der Waals surface area contributed by atoms with Crippen LogP contribution in [0.3, 0.4) is 0 Å². The van der Waals surface area contributed by atoms with Crippen molar-refractivity contribution in [2.24, 2.45) is 0 Å². The summed E-state index contributed by atoms with van der Waals surface area (Å²) in [5.41, 5.74) is 3.53. The van der Waals surface area contributed by atoms with Gasteiger partial charge in [-0.25, -0.2) is 4.79 Å². The fourth-order valence-corrected chi connectivity index (χ4v) is 2.69. The Bertz CT molecular complexity index is 788. The van der Waals surface area contributed by atoms with Crippen LogP contribution in [0.25, 0.3) is 16.6 Å². The standard InChI is InChI=1S/C18H17NO2/c1-3-21-18(20)17-13(2)15-11-7-8-12-16(15)19(17)14-9-5-4-6-10-14/h4-12H,3H2,1-2H3. The van der Waals surface area contributed by atoms with E-state index in [4.69, 9.17) is 4.74 Å². The summed E-state index contributed by atoms with van der Waals surface area (Å²) in [6, 6.07) is 17.9. The molecule has 0 radical (unpaired) electrons. The average Bonchev–Trinajstić information content (AvgIpc) is 2.82. The van der Waals surface area contributed by atoms with E-state index in [0.717, 1.165) is 22.2 Å². The second-order valence-corrected chi connectivity index (χ2v) is 4.88. The number of fused-ring (bicyclic) bond motifs is 1. The number of rotatable bonds is 3. The topological polar surface area (TPSA) is 31.2 Å². The van der Waals surface area contributed by atoms with E-state index in [9.17, 15) is 4.79 Å². The Morgan fingerprint density at radius 2 is 1.71 bits per heavy atom. The Hall–Kier alpha value is -2.55. The Morgan fingerprint density at radius 1 is 1.05 bits per heavy atom. The fraction of sp³-hybridized carbons (Fsp3) is 0.167. The molecule has 3 rings (SSSR count). The Morgan fingerprint density at radius 3 is 2.43 bits per heavy atom. The van der Waals surface area contributed by atoms with Gasteiger partial charge in [0.1, 0.15) is 5.69 Å². The quantitative estimate of drug-likeness (QED) is 0.675. The van der Waals surface area contributed by atoms with Crippen molar-refractivity contribution in [2.75, 3.05) is 6.61 Å². The number of hydrogen-bond acceptors (Lipinski definition) is 2. The van der Waals surface area contributed by atoms with Gasteiger partial charge < -0.3 is 9.30 Å². The molecule has 0 bridgehead atoms. The van der Waals surface area contributed by atoms with E-state index in [0.29, 0.717) is 12.3 Å². The molecule has 0 spiro atoms. The van der Waals surface area contributed by atoms with Gasteiger partial charge in [0, 0.05) is 11.1 Å². The van der Waals surface area contributed by atoms with Crippen LogP contribution in [0.4, 0.5) is 0 Å². The Kier molecular flexibility index (Phi) is 3.48. The summed E-state index contributed by atoms with van der Waals surface area (Å²) in [6.45, 7) is 4.16. The van der Waals surface area contributed by atoms with Gasteiger partial charge in [0.2, 0.25) is 0 Å². The molecule has 0 aliphatic heterocycles. The Labute approximate surface area is 123 Å². The number of carbonyl (C=O) groups is 1. The number of esters is 1. The first-order chi connectivity index (χ1) is 10.2. The fourth-order valence-electron chi connectivity index (χ4n) is 2.69. The van der Waals surface area contributed by atoms with Gasteiger partial charge in [-0.1, -0.05) is 36.4 Å². The normalized spacial score (nSPS) is 10.8. The molecule has 0 fully saturated rings. The molecule has 3 aromatic rings. The van der Waals surface area contributed by atoms with Crippen molar-refractivity contribution < 1.29 is 9.53 Å². The van der Waals surface area contributed by atoms with Crippen molar-refractivity contribution in [3.05, 3.63) is 65.9 Å². The Balaban J connectivity index is 2.35. The number of ether oxygens (including phenoxy) is 1. The van der Waals surface area contributed by atoms with Crippen molar-refractivity contribution in [2.45, 2.75) is 13.8 Å². The zero-order chi connectivity index (χ0) is 14.8. The molecular weight excluding hydrogens is 262 g/mol. The SMILES string of the molecule is CCOC(=O)c1c(C)c2ccccc2n1-c1ccccc1. The van der Waals surface area contributed by atoms with E-state index in [1.54, 1.807) is 0 Å². The maximum Gasteiger partial charge on any atom is 0.355 e. The van der Waals surface area contributed by atoms with Gasteiger partial charge in [-0.05, 0) is 37.6 Å². The van der Waals surface area contributed by atoms with Crippen LogP contribution in [0.15, 0.2) is 54.6 Å². The predicted molar refractivity (Wildman–Crippen MR) is 84.0 cm³/mol. The lowest BCUT2D eigenvalue weighted by atomic mass is 10.1. The first-order valence-corrected chi connectivity index (χ1v) is 7.06. The second kappa shape index (κ2) is 5.44. The molecule has 0 N–H and O–H groups in total. The van der Waals surface area contributed by atoms with Crippen LogP contribution in [0.1, 0.15) is 23.0 Å². The summed E-state index contributed by atoms with van der Waals surface area (Å²) in [5, 5.41) is 1.07. The third kappa shape index (κ3) is 2.21. The molecule has 3 heteroatoms.